The zero-order valence-electron chi connectivity index (χ0n) is 12.5. The number of rotatable bonds is 6. The number of aromatic nitrogens is 2. The van der Waals surface area contributed by atoms with Crippen LogP contribution in [-0.2, 0) is 22.3 Å². The highest BCUT2D eigenvalue weighted by Gasteiger charge is 2.36. The zero-order valence-corrected chi connectivity index (χ0v) is 12.5. The number of nitrogens with zero attached hydrogens (tertiary/aromatic N) is 2. The van der Waals surface area contributed by atoms with Crippen molar-refractivity contribution in [1.82, 2.24) is 15.1 Å². The molecule has 0 aliphatic rings. The number of carbonyl (C=O) groups excluding carboxylic acids is 1. The number of carbonyl (C=O) groups is 1. The lowest BCUT2D eigenvalue weighted by Gasteiger charge is -2.30. The van der Waals surface area contributed by atoms with Crippen LogP contribution >= 0.6 is 0 Å². The summed E-state index contributed by atoms with van der Waals surface area (Å²) in [6.07, 6.45) is -2.96. The maximum atomic E-state index is 12.5. The summed E-state index contributed by atoms with van der Waals surface area (Å²) in [4.78, 5) is 11.9. The molecule has 1 aromatic heterocycles. The van der Waals surface area contributed by atoms with Gasteiger partial charge >= 0.3 is 12.1 Å². The fraction of sp³-hybridized carbons (Fsp3) is 0.692. The normalized spacial score (nSPS) is 15.0. The van der Waals surface area contributed by atoms with Gasteiger partial charge in [-0.05, 0) is 33.3 Å². The molecule has 0 aliphatic heterocycles. The van der Waals surface area contributed by atoms with Crippen LogP contribution in [0.3, 0.4) is 0 Å². The number of nitrogens with one attached hydrogen (secondary N) is 1. The lowest BCUT2D eigenvalue weighted by atomic mass is 9.97. The van der Waals surface area contributed by atoms with Gasteiger partial charge in [0.15, 0.2) is 5.69 Å². The maximum Gasteiger partial charge on any atom is 0.435 e. The standard InChI is InChI=1S/C13H20F3N3O2/c1-9(2)17-12(3,11(20)21-4)6-8-19-7-5-10(18-19)13(14,15)16/h5,7,9,17H,6,8H2,1-4H3. The van der Waals surface area contributed by atoms with E-state index in [1.54, 1.807) is 6.92 Å². The van der Waals surface area contributed by atoms with Gasteiger partial charge in [-0.2, -0.15) is 18.3 Å². The Kier molecular flexibility index (Phi) is 5.38. The Bertz CT molecular complexity index is 485. The highest BCUT2D eigenvalue weighted by molar-refractivity contribution is 5.80. The number of ether oxygens (including phenoxy) is 1. The predicted octanol–water partition coefficient (Wildman–Crippen LogP) is 2.22. The number of hydrogen-bond acceptors (Lipinski definition) is 4. The summed E-state index contributed by atoms with van der Waals surface area (Å²) in [5.41, 5.74) is -1.92. The third-order valence-corrected chi connectivity index (χ3v) is 3.02. The molecule has 120 valence electrons. The Morgan fingerprint density at radius 3 is 2.52 bits per heavy atom. The molecule has 0 fully saturated rings. The van der Waals surface area contributed by atoms with Crippen LogP contribution in [0.15, 0.2) is 12.3 Å². The van der Waals surface area contributed by atoms with Gasteiger partial charge < -0.3 is 4.74 Å². The van der Waals surface area contributed by atoms with Crippen molar-refractivity contribution in [2.75, 3.05) is 7.11 Å². The second-order valence-corrected chi connectivity index (χ2v) is 5.33. The predicted molar refractivity (Wildman–Crippen MR) is 70.5 cm³/mol. The van der Waals surface area contributed by atoms with Gasteiger partial charge in [-0.25, -0.2) is 0 Å². The van der Waals surface area contributed by atoms with Crippen LogP contribution in [0.1, 0.15) is 32.9 Å². The molecule has 0 aliphatic carbocycles. The molecule has 1 heterocycles. The first-order chi connectivity index (χ1) is 9.58. The Balaban J connectivity index is 2.78. The highest BCUT2D eigenvalue weighted by atomic mass is 19.4. The van der Waals surface area contributed by atoms with Crippen molar-refractivity contribution in [2.24, 2.45) is 0 Å². The average Bonchev–Trinajstić information content (AvgIpc) is 2.83. The summed E-state index contributed by atoms with van der Waals surface area (Å²) in [5, 5.41) is 6.54. The fourth-order valence-corrected chi connectivity index (χ4v) is 2.07. The van der Waals surface area contributed by atoms with Crippen molar-refractivity contribution in [3.63, 3.8) is 0 Å². The van der Waals surface area contributed by atoms with Gasteiger partial charge in [0, 0.05) is 18.8 Å². The molecule has 8 heteroatoms. The van der Waals surface area contributed by atoms with E-state index >= 15 is 0 Å². The minimum Gasteiger partial charge on any atom is -0.468 e. The lowest BCUT2D eigenvalue weighted by Crippen LogP contribution is -2.53. The van der Waals surface area contributed by atoms with Crippen LogP contribution < -0.4 is 5.32 Å². The van der Waals surface area contributed by atoms with Crippen molar-refractivity contribution >= 4 is 5.97 Å². The van der Waals surface area contributed by atoms with E-state index in [1.165, 1.54) is 18.0 Å². The molecule has 1 aromatic rings. The fourth-order valence-electron chi connectivity index (χ4n) is 2.07. The molecule has 1 N–H and O–H groups in total. The molecular formula is C13H20F3N3O2. The Morgan fingerprint density at radius 1 is 1.48 bits per heavy atom. The molecule has 0 aromatic carbocycles. The smallest absolute Gasteiger partial charge is 0.435 e. The van der Waals surface area contributed by atoms with Crippen molar-refractivity contribution in [1.29, 1.82) is 0 Å². The first-order valence-electron chi connectivity index (χ1n) is 6.55. The van der Waals surface area contributed by atoms with Gasteiger partial charge in [0.2, 0.25) is 0 Å². The minimum atomic E-state index is -4.47. The van der Waals surface area contributed by atoms with E-state index < -0.39 is 23.4 Å². The van der Waals surface area contributed by atoms with E-state index in [0.717, 1.165) is 6.07 Å². The number of hydrogen-bond donors (Lipinski definition) is 1. The number of methoxy groups -OCH3 is 1. The number of alkyl halides is 3. The van der Waals surface area contributed by atoms with Gasteiger partial charge in [-0.1, -0.05) is 0 Å². The molecule has 0 spiro atoms. The quantitative estimate of drug-likeness (QED) is 0.819. The molecule has 0 saturated heterocycles. The van der Waals surface area contributed by atoms with E-state index in [2.05, 4.69) is 10.4 Å². The van der Waals surface area contributed by atoms with Crippen LogP contribution in [0.4, 0.5) is 13.2 Å². The van der Waals surface area contributed by atoms with Crippen LogP contribution in [0, 0.1) is 0 Å². The number of halogens is 3. The molecule has 1 atom stereocenters. The third-order valence-electron chi connectivity index (χ3n) is 3.02. The molecule has 0 amide bonds. The Hall–Kier alpha value is -1.57. The van der Waals surface area contributed by atoms with E-state index in [4.69, 9.17) is 4.74 Å². The Morgan fingerprint density at radius 2 is 2.10 bits per heavy atom. The average molecular weight is 307 g/mol. The molecule has 21 heavy (non-hydrogen) atoms. The third kappa shape index (κ3) is 4.73. The lowest BCUT2D eigenvalue weighted by molar-refractivity contribution is -0.149. The van der Waals surface area contributed by atoms with Crippen molar-refractivity contribution in [2.45, 2.75) is 51.5 Å². The monoisotopic (exact) mass is 307 g/mol. The minimum absolute atomic E-state index is 0.0254. The summed E-state index contributed by atoms with van der Waals surface area (Å²) >= 11 is 0. The van der Waals surface area contributed by atoms with Crippen LogP contribution in [0.2, 0.25) is 0 Å². The molecular weight excluding hydrogens is 287 g/mol. The van der Waals surface area contributed by atoms with Crippen molar-refractivity contribution in [3.05, 3.63) is 18.0 Å². The summed E-state index contributed by atoms with van der Waals surface area (Å²) < 4.78 is 43.3. The van der Waals surface area contributed by atoms with Crippen LogP contribution in [0.5, 0.6) is 0 Å². The van der Waals surface area contributed by atoms with Gasteiger partial charge in [0.05, 0.1) is 7.11 Å². The topological polar surface area (TPSA) is 56.2 Å². The van der Waals surface area contributed by atoms with Crippen molar-refractivity contribution in [3.8, 4) is 0 Å². The van der Waals surface area contributed by atoms with E-state index in [9.17, 15) is 18.0 Å². The summed E-state index contributed by atoms with van der Waals surface area (Å²) in [6.45, 7) is 5.57. The summed E-state index contributed by atoms with van der Waals surface area (Å²) in [7, 11) is 1.28. The highest BCUT2D eigenvalue weighted by Crippen LogP contribution is 2.27. The van der Waals surface area contributed by atoms with Crippen LogP contribution in [0.25, 0.3) is 0 Å². The maximum absolute atomic E-state index is 12.5. The van der Waals surface area contributed by atoms with E-state index in [0.29, 0.717) is 0 Å². The van der Waals surface area contributed by atoms with E-state index in [1.807, 2.05) is 13.8 Å². The number of esters is 1. The van der Waals surface area contributed by atoms with Crippen LogP contribution in [-0.4, -0.2) is 34.4 Å². The zero-order chi connectivity index (χ0) is 16.3. The van der Waals surface area contributed by atoms with Gasteiger partial charge in [-0.3, -0.25) is 14.8 Å². The Labute approximate surface area is 121 Å². The molecule has 0 bridgehead atoms. The first-order valence-corrected chi connectivity index (χ1v) is 6.55. The van der Waals surface area contributed by atoms with Crippen molar-refractivity contribution < 1.29 is 22.7 Å². The number of aryl methyl sites for hydroxylation is 1. The first kappa shape index (κ1) is 17.5. The summed E-state index contributed by atoms with van der Waals surface area (Å²) in [5.74, 6) is -0.459. The molecule has 0 saturated carbocycles. The molecule has 5 nitrogen and oxygen atoms in total. The van der Waals surface area contributed by atoms with Gasteiger partial charge in [-0.15, -0.1) is 0 Å². The second-order valence-electron chi connectivity index (χ2n) is 5.33. The molecule has 1 rings (SSSR count). The van der Waals surface area contributed by atoms with Gasteiger partial charge in [0.25, 0.3) is 0 Å². The van der Waals surface area contributed by atoms with E-state index in [-0.39, 0.29) is 19.0 Å². The SMILES string of the molecule is COC(=O)C(C)(CCn1ccc(C(F)(F)F)n1)NC(C)C. The largest absolute Gasteiger partial charge is 0.468 e. The van der Waals surface area contributed by atoms with Gasteiger partial charge in [0.1, 0.15) is 5.54 Å². The molecule has 1 unspecified atom stereocenters. The molecule has 0 radical (unpaired) electrons. The summed E-state index contributed by atoms with van der Waals surface area (Å²) in [6, 6.07) is 0.934. The second kappa shape index (κ2) is 6.46.